The van der Waals surface area contributed by atoms with Crippen LogP contribution in [0.15, 0.2) is 30.3 Å². The van der Waals surface area contributed by atoms with Crippen LogP contribution in [0.1, 0.15) is 38.5 Å². The van der Waals surface area contributed by atoms with Gasteiger partial charge in [-0.2, -0.15) is 0 Å². The van der Waals surface area contributed by atoms with Gasteiger partial charge in [0.15, 0.2) is 6.29 Å². The predicted molar refractivity (Wildman–Crippen MR) is 64.3 cm³/mol. The van der Waals surface area contributed by atoms with Crippen molar-refractivity contribution in [3.8, 4) is 0 Å². The fourth-order valence-corrected chi connectivity index (χ4v) is 1.11. The molecule has 0 aliphatic rings. The summed E-state index contributed by atoms with van der Waals surface area (Å²) in [6.07, 6.45) is 1.32. The molecule has 0 radical (unpaired) electrons. The van der Waals surface area contributed by atoms with Gasteiger partial charge in [-0.05, 0) is 0 Å². The molecule has 1 rings (SSSR count). The van der Waals surface area contributed by atoms with E-state index in [1.165, 1.54) is 12.8 Å². The molecule has 2 N–H and O–H groups in total. The normalized spacial score (nSPS) is 13.5. The molecule has 92 valence electrons. The van der Waals surface area contributed by atoms with Gasteiger partial charge in [0.05, 0.1) is 0 Å². The maximum atomic E-state index is 10.2. The maximum absolute atomic E-state index is 10.2. The van der Waals surface area contributed by atoms with E-state index < -0.39 is 14.5 Å². The summed E-state index contributed by atoms with van der Waals surface area (Å²) in [6.45, 7) is 4.36. The molecule has 1 aromatic rings. The lowest BCUT2D eigenvalue weighted by molar-refractivity contribution is -0.0207. The van der Waals surface area contributed by atoms with Gasteiger partial charge in [-0.15, -0.1) is 0 Å². The fourth-order valence-electron chi connectivity index (χ4n) is 0.781. The van der Waals surface area contributed by atoms with E-state index >= 15 is 0 Å². The van der Waals surface area contributed by atoms with E-state index in [4.69, 9.17) is 10.00 Å². The highest BCUT2D eigenvalue weighted by molar-refractivity contribution is 7.32. The number of unbranched alkanes of at least 4 members (excludes halogenated alkanes) is 1. The summed E-state index contributed by atoms with van der Waals surface area (Å²) in [5.74, 6) is 0. The van der Waals surface area contributed by atoms with Gasteiger partial charge in [0.25, 0.3) is 0 Å². The molecule has 0 heterocycles. The smallest absolute Gasteiger partial charge is 0.319 e. The van der Waals surface area contributed by atoms with Crippen LogP contribution in [0.25, 0.3) is 0 Å². The van der Waals surface area contributed by atoms with Crippen LogP contribution >= 0.6 is 8.25 Å². The van der Waals surface area contributed by atoms with Crippen molar-refractivity contribution in [2.75, 3.05) is 0 Å². The first kappa shape index (κ1) is 15.3. The highest BCUT2D eigenvalue weighted by atomic mass is 31.1. The monoisotopic (exact) mass is 246 g/mol. The van der Waals surface area contributed by atoms with E-state index in [2.05, 4.69) is 18.4 Å². The standard InChI is InChI=1S/C7H9O4P.C4H10/c8-7(11-12(9)10)6-4-2-1-3-5-6;1-3-4-2/h1-5,7-8,12H,(H,9,10);3-4H2,1-2H3. The van der Waals surface area contributed by atoms with Gasteiger partial charge in [0.1, 0.15) is 0 Å². The molecular formula is C11H19O4P. The van der Waals surface area contributed by atoms with Gasteiger partial charge in [-0.25, -0.2) is 0 Å². The van der Waals surface area contributed by atoms with E-state index in [1.54, 1.807) is 30.3 Å². The van der Waals surface area contributed by atoms with Gasteiger partial charge in [-0.3, -0.25) is 9.09 Å². The average molecular weight is 246 g/mol. The van der Waals surface area contributed by atoms with Gasteiger partial charge in [0, 0.05) is 5.56 Å². The SMILES string of the molecule is CCCC.O=[PH](O)OC(O)c1ccccc1. The minimum absolute atomic E-state index is 0.463. The summed E-state index contributed by atoms with van der Waals surface area (Å²) in [6, 6.07) is 8.40. The molecule has 0 aliphatic carbocycles. The summed E-state index contributed by atoms with van der Waals surface area (Å²) in [7, 11) is -3.08. The Labute approximate surface area is 96.8 Å². The molecule has 2 atom stereocenters. The number of aliphatic hydroxyl groups excluding tert-OH is 1. The zero-order valence-electron chi connectivity index (χ0n) is 9.59. The molecule has 0 bridgehead atoms. The Kier molecular flexibility index (Phi) is 9.15. The molecule has 16 heavy (non-hydrogen) atoms. The zero-order chi connectivity index (χ0) is 12.4. The molecule has 4 nitrogen and oxygen atoms in total. The number of benzene rings is 1. The largest absolute Gasteiger partial charge is 0.364 e. The topological polar surface area (TPSA) is 66.8 Å². The lowest BCUT2D eigenvalue weighted by atomic mass is 10.2. The average Bonchev–Trinajstić information content (AvgIpc) is 2.30. The maximum Gasteiger partial charge on any atom is 0.319 e. The second kappa shape index (κ2) is 9.55. The molecule has 0 saturated heterocycles. The van der Waals surface area contributed by atoms with Crippen molar-refractivity contribution in [1.29, 1.82) is 0 Å². The zero-order valence-corrected chi connectivity index (χ0v) is 10.6. The number of rotatable bonds is 4. The fraction of sp³-hybridized carbons (Fsp3) is 0.455. The Morgan fingerprint density at radius 1 is 1.25 bits per heavy atom. The minimum Gasteiger partial charge on any atom is -0.364 e. The van der Waals surface area contributed by atoms with E-state index in [-0.39, 0.29) is 0 Å². The molecule has 0 spiro atoms. The molecule has 0 aliphatic heterocycles. The van der Waals surface area contributed by atoms with E-state index in [9.17, 15) is 4.57 Å². The molecule has 5 heteroatoms. The molecule has 1 aromatic carbocycles. The number of aliphatic hydroxyl groups is 1. The molecule has 2 unspecified atom stereocenters. The summed E-state index contributed by atoms with van der Waals surface area (Å²) in [5, 5.41) is 9.13. The van der Waals surface area contributed by atoms with Crippen LogP contribution in [0, 0.1) is 0 Å². The Morgan fingerprint density at radius 3 is 2.12 bits per heavy atom. The van der Waals surface area contributed by atoms with Crippen LogP contribution in [0.3, 0.4) is 0 Å². The first-order valence-corrected chi connectivity index (χ1v) is 6.50. The van der Waals surface area contributed by atoms with Gasteiger partial charge in [-0.1, -0.05) is 57.0 Å². The van der Waals surface area contributed by atoms with Crippen molar-refractivity contribution in [2.24, 2.45) is 0 Å². The van der Waals surface area contributed by atoms with Crippen molar-refractivity contribution in [3.05, 3.63) is 35.9 Å². The molecular weight excluding hydrogens is 227 g/mol. The van der Waals surface area contributed by atoms with Crippen molar-refractivity contribution in [1.82, 2.24) is 0 Å². The van der Waals surface area contributed by atoms with Crippen LogP contribution in [0.5, 0.6) is 0 Å². The highest BCUT2D eigenvalue weighted by Crippen LogP contribution is 2.25. The second-order valence-corrected chi connectivity index (χ2v) is 3.91. The Bertz CT molecular complexity index is 287. The van der Waals surface area contributed by atoms with Crippen molar-refractivity contribution < 1.29 is 19.1 Å². The Hall–Kier alpha value is -0.670. The van der Waals surface area contributed by atoms with E-state index in [0.29, 0.717) is 5.56 Å². The first-order chi connectivity index (χ1) is 7.61. The summed E-state index contributed by atoms with van der Waals surface area (Å²) in [5.41, 5.74) is 0.463. The van der Waals surface area contributed by atoms with Crippen LogP contribution in [0.2, 0.25) is 0 Å². The molecule has 0 amide bonds. The van der Waals surface area contributed by atoms with Crippen LogP contribution in [0.4, 0.5) is 0 Å². The Morgan fingerprint density at radius 2 is 1.75 bits per heavy atom. The quantitative estimate of drug-likeness (QED) is 0.633. The van der Waals surface area contributed by atoms with Crippen molar-refractivity contribution >= 4 is 8.25 Å². The van der Waals surface area contributed by atoms with E-state index in [1.807, 2.05) is 0 Å². The third kappa shape index (κ3) is 7.60. The summed E-state index contributed by atoms with van der Waals surface area (Å²) >= 11 is 0. The lowest BCUT2D eigenvalue weighted by Gasteiger charge is -2.08. The van der Waals surface area contributed by atoms with Crippen LogP contribution < -0.4 is 0 Å². The number of hydrogen-bond acceptors (Lipinski definition) is 3. The number of hydrogen-bond donors (Lipinski definition) is 2. The summed E-state index contributed by atoms with van der Waals surface area (Å²) < 4.78 is 14.5. The predicted octanol–water partition coefficient (Wildman–Crippen LogP) is 2.88. The van der Waals surface area contributed by atoms with E-state index in [0.717, 1.165) is 0 Å². The first-order valence-electron chi connectivity index (χ1n) is 5.24. The molecule has 0 saturated carbocycles. The summed E-state index contributed by atoms with van der Waals surface area (Å²) in [4.78, 5) is 8.35. The third-order valence-corrected chi connectivity index (χ3v) is 2.22. The van der Waals surface area contributed by atoms with Crippen LogP contribution in [-0.2, 0) is 9.09 Å². The molecule has 0 fully saturated rings. The Balaban J connectivity index is 0.000000487. The van der Waals surface area contributed by atoms with Crippen LogP contribution in [-0.4, -0.2) is 10.00 Å². The lowest BCUT2D eigenvalue weighted by Crippen LogP contribution is -1.96. The van der Waals surface area contributed by atoms with Gasteiger partial charge in [0.2, 0.25) is 0 Å². The minimum atomic E-state index is -3.08. The van der Waals surface area contributed by atoms with Crippen molar-refractivity contribution in [3.63, 3.8) is 0 Å². The second-order valence-electron chi connectivity index (χ2n) is 3.15. The highest BCUT2D eigenvalue weighted by Gasteiger charge is 2.08. The van der Waals surface area contributed by atoms with Crippen molar-refractivity contribution in [2.45, 2.75) is 33.0 Å². The van der Waals surface area contributed by atoms with Gasteiger partial charge >= 0.3 is 8.25 Å². The third-order valence-electron chi connectivity index (χ3n) is 1.80. The van der Waals surface area contributed by atoms with Gasteiger partial charge < -0.3 is 10.00 Å². The molecule has 0 aromatic heterocycles.